The van der Waals surface area contributed by atoms with Gasteiger partial charge in [0.15, 0.2) is 0 Å². The maximum absolute atomic E-state index is 14.4. The number of carbonyl (C=O) groups is 1. The van der Waals surface area contributed by atoms with Gasteiger partial charge in [0, 0.05) is 28.3 Å². The second-order valence-electron chi connectivity index (χ2n) is 7.08. The molecule has 5 nitrogen and oxygen atoms in total. The second-order valence-corrected chi connectivity index (χ2v) is 8.75. The molecule has 0 spiro atoms. The van der Waals surface area contributed by atoms with Crippen LogP contribution in [0.15, 0.2) is 47.2 Å². The number of hydrogen-bond donors (Lipinski definition) is 2. The zero-order valence-electron chi connectivity index (χ0n) is 16.8. The second kappa shape index (κ2) is 9.51. The zero-order valence-corrected chi connectivity index (χ0v) is 19.9. The summed E-state index contributed by atoms with van der Waals surface area (Å²) in [6, 6.07) is 5.29. The summed E-state index contributed by atoms with van der Waals surface area (Å²) in [5.41, 5.74) is -6.26. The van der Waals surface area contributed by atoms with Crippen molar-refractivity contribution in [2.24, 2.45) is 0 Å². The van der Waals surface area contributed by atoms with Crippen molar-refractivity contribution in [3.8, 4) is 16.8 Å². The van der Waals surface area contributed by atoms with Gasteiger partial charge in [0.25, 0.3) is 0 Å². The molecule has 0 saturated carbocycles. The van der Waals surface area contributed by atoms with Crippen molar-refractivity contribution in [1.29, 1.82) is 0 Å². The first kappa shape index (κ1) is 27.1. The third-order valence-electron chi connectivity index (χ3n) is 4.82. The highest BCUT2D eigenvalue weighted by atomic mass is 79.9. The number of hydrogen-bond acceptors (Lipinski definition) is 2. The average molecular weight is 609 g/mol. The number of carboxylic acid groups (broad SMARTS) is 1. The van der Waals surface area contributed by atoms with Gasteiger partial charge in [0.2, 0.25) is 0 Å². The lowest BCUT2D eigenvalue weighted by Crippen LogP contribution is -2.50. The zero-order chi connectivity index (χ0) is 26.3. The first-order chi connectivity index (χ1) is 16.1. The SMILES string of the molecule is O=C(O)NCc1cc(-c2cnn(-c3c(Cl)cc(C(F)(C(F)(F)F)C(F)(F)F)cc3Cl)c2)ccc1Br. The van der Waals surface area contributed by atoms with Gasteiger partial charge in [-0.1, -0.05) is 45.2 Å². The summed E-state index contributed by atoms with van der Waals surface area (Å²) in [4.78, 5) is 10.7. The van der Waals surface area contributed by atoms with Crippen molar-refractivity contribution in [1.82, 2.24) is 15.1 Å². The van der Waals surface area contributed by atoms with Crippen molar-refractivity contribution in [3.05, 3.63) is 68.4 Å². The lowest BCUT2D eigenvalue weighted by Gasteiger charge is -2.30. The van der Waals surface area contributed by atoms with E-state index in [-0.39, 0.29) is 24.4 Å². The Hall–Kier alpha value is -2.51. The van der Waals surface area contributed by atoms with Gasteiger partial charge in [-0.25, -0.2) is 13.9 Å². The Morgan fingerprint density at radius 3 is 2.09 bits per heavy atom. The fourth-order valence-electron chi connectivity index (χ4n) is 3.13. The summed E-state index contributed by atoms with van der Waals surface area (Å²) < 4.78 is 94.5. The Morgan fingerprint density at radius 2 is 1.57 bits per heavy atom. The summed E-state index contributed by atoms with van der Waals surface area (Å²) in [6.07, 6.45) is -11.2. The molecule has 0 atom stereocenters. The Labute approximate surface area is 210 Å². The maximum Gasteiger partial charge on any atom is 0.435 e. The van der Waals surface area contributed by atoms with E-state index in [1.54, 1.807) is 18.2 Å². The highest BCUT2D eigenvalue weighted by molar-refractivity contribution is 9.10. The minimum atomic E-state index is -6.33. The summed E-state index contributed by atoms with van der Waals surface area (Å²) in [5, 5.41) is 13.6. The van der Waals surface area contributed by atoms with E-state index in [9.17, 15) is 35.5 Å². The first-order valence-corrected chi connectivity index (χ1v) is 10.7. The number of alkyl halides is 7. The molecule has 1 aromatic heterocycles. The van der Waals surface area contributed by atoms with Gasteiger partial charge >= 0.3 is 24.1 Å². The topological polar surface area (TPSA) is 67.2 Å². The molecule has 35 heavy (non-hydrogen) atoms. The van der Waals surface area contributed by atoms with Crippen LogP contribution < -0.4 is 5.32 Å². The van der Waals surface area contributed by atoms with E-state index in [0.717, 1.165) is 4.68 Å². The highest BCUT2D eigenvalue weighted by Gasteiger charge is 2.73. The van der Waals surface area contributed by atoms with Gasteiger partial charge < -0.3 is 10.4 Å². The van der Waals surface area contributed by atoms with E-state index in [4.69, 9.17) is 28.3 Å². The van der Waals surface area contributed by atoms with Crippen LogP contribution in [0.4, 0.5) is 35.5 Å². The molecule has 0 unspecified atom stereocenters. The summed E-state index contributed by atoms with van der Waals surface area (Å²) in [7, 11) is 0. The molecular formula is C20H11BrCl2F7N3O2. The fourth-order valence-corrected chi connectivity index (χ4v) is 4.17. The standard InChI is InChI=1S/C20H11BrCl2F7N3O2/c21-13-2-1-9(3-10(13)6-31-17(34)35)11-7-32-33(8-11)16-14(22)4-12(5-15(16)23)18(24,19(25,26)27)20(28,29)30/h1-5,7-8,31H,6H2,(H,34,35). The molecule has 0 aliphatic rings. The van der Waals surface area contributed by atoms with E-state index < -0.39 is 39.7 Å². The van der Waals surface area contributed by atoms with E-state index in [0.29, 0.717) is 21.2 Å². The molecule has 0 radical (unpaired) electrons. The van der Waals surface area contributed by atoms with Crippen LogP contribution in [0.3, 0.4) is 0 Å². The molecule has 3 aromatic rings. The molecule has 0 aliphatic heterocycles. The van der Waals surface area contributed by atoms with Gasteiger partial charge in [-0.3, -0.25) is 0 Å². The van der Waals surface area contributed by atoms with E-state index in [1.165, 1.54) is 12.4 Å². The van der Waals surface area contributed by atoms with Crippen molar-refractivity contribution in [3.63, 3.8) is 0 Å². The predicted octanol–water partition coefficient (Wildman–Crippen LogP) is 7.67. The predicted molar refractivity (Wildman–Crippen MR) is 116 cm³/mol. The van der Waals surface area contributed by atoms with Gasteiger partial charge in [-0.2, -0.15) is 31.4 Å². The van der Waals surface area contributed by atoms with Crippen molar-refractivity contribution < 1.29 is 40.6 Å². The highest BCUT2D eigenvalue weighted by Crippen LogP contribution is 2.54. The Morgan fingerprint density at radius 1 is 1.00 bits per heavy atom. The number of nitrogens with one attached hydrogen (secondary N) is 1. The molecule has 2 N–H and O–H groups in total. The number of halogens is 10. The van der Waals surface area contributed by atoms with Crippen LogP contribution >= 0.6 is 39.1 Å². The normalized spacial score (nSPS) is 12.6. The van der Waals surface area contributed by atoms with E-state index in [1.807, 2.05) is 0 Å². The molecule has 2 aromatic carbocycles. The van der Waals surface area contributed by atoms with Gasteiger partial charge in [0.05, 0.1) is 16.2 Å². The van der Waals surface area contributed by atoms with Crippen LogP contribution in [0.2, 0.25) is 10.0 Å². The average Bonchev–Trinajstić information content (AvgIpc) is 3.19. The smallest absolute Gasteiger partial charge is 0.435 e. The van der Waals surface area contributed by atoms with Crippen LogP contribution in [0.5, 0.6) is 0 Å². The molecule has 0 saturated heterocycles. The van der Waals surface area contributed by atoms with Gasteiger partial charge in [-0.15, -0.1) is 0 Å². The third kappa shape index (κ3) is 5.21. The Kier molecular flexibility index (Phi) is 7.36. The third-order valence-corrected chi connectivity index (χ3v) is 6.17. The van der Waals surface area contributed by atoms with E-state index >= 15 is 0 Å². The summed E-state index contributed by atoms with van der Waals surface area (Å²) in [6.45, 7) is -0.0274. The van der Waals surface area contributed by atoms with Crippen molar-refractivity contribution in [2.75, 3.05) is 0 Å². The molecule has 1 heterocycles. The summed E-state index contributed by atoms with van der Waals surface area (Å²) in [5.74, 6) is 0. The molecule has 1 amide bonds. The maximum atomic E-state index is 14.4. The van der Waals surface area contributed by atoms with E-state index in [2.05, 4.69) is 26.3 Å². The molecule has 0 bridgehead atoms. The molecule has 15 heteroatoms. The first-order valence-electron chi connectivity index (χ1n) is 9.18. The molecule has 3 rings (SSSR count). The lowest BCUT2D eigenvalue weighted by atomic mass is 9.94. The Balaban J connectivity index is 2.03. The lowest BCUT2D eigenvalue weighted by molar-refractivity contribution is -0.348. The minimum Gasteiger partial charge on any atom is -0.465 e. The number of amides is 1. The Bertz CT molecular complexity index is 1240. The molecule has 188 valence electrons. The fraction of sp³-hybridized carbons (Fsp3) is 0.200. The van der Waals surface area contributed by atoms with Crippen molar-refractivity contribution in [2.45, 2.75) is 24.6 Å². The van der Waals surface area contributed by atoms with Crippen LogP contribution in [-0.2, 0) is 12.2 Å². The number of aromatic nitrogens is 2. The van der Waals surface area contributed by atoms with Crippen LogP contribution in [0.1, 0.15) is 11.1 Å². The largest absolute Gasteiger partial charge is 0.465 e. The molecule has 0 aliphatic carbocycles. The van der Waals surface area contributed by atoms with Crippen LogP contribution in [0.25, 0.3) is 16.8 Å². The monoisotopic (exact) mass is 607 g/mol. The molecule has 0 fully saturated rings. The molecular weight excluding hydrogens is 598 g/mol. The quantitative estimate of drug-likeness (QED) is 0.292. The van der Waals surface area contributed by atoms with Crippen LogP contribution in [0, 0.1) is 0 Å². The van der Waals surface area contributed by atoms with Gasteiger partial charge in [0.1, 0.15) is 5.69 Å². The van der Waals surface area contributed by atoms with Gasteiger partial charge in [-0.05, 0) is 35.4 Å². The minimum absolute atomic E-state index is 0.0274. The number of nitrogens with zero attached hydrogens (tertiary/aromatic N) is 2. The van der Waals surface area contributed by atoms with Crippen LogP contribution in [-0.4, -0.2) is 33.3 Å². The van der Waals surface area contributed by atoms with Crippen molar-refractivity contribution >= 4 is 45.2 Å². The number of benzene rings is 2. The number of rotatable bonds is 5. The summed E-state index contributed by atoms with van der Waals surface area (Å²) >= 11 is 15.1.